The van der Waals surface area contributed by atoms with E-state index in [0.717, 1.165) is 18.7 Å². The van der Waals surface area contributed by atoms with Gasteiger partial charge in [-0.2, -0.15) is 0 Å². The highest BCUT2D eigenvalue weighted by Crippen LogP contribution is 2.32. The molecule has 31 heavy (non-hydrogen) atoms. The van der Waals surface area contributed by atoms with Crippen LogP contribution in [0.25, 0.3) is 22.5 Å². The lowest BCUT2D eigenvalue weighted by atomic mass is 9.85. The van der Waals surface area contributed by atoms with E-state index < -0.39 is 0 Å². The number of halogens is 1. The van der Waals surface area contributed by atoms with Gasteiger partial charge in [-0.05, 0) is 55.9 Å². The number of aromatic nitrogens is 4. The first-order valence-corrected chi connectivity index (χ1v) is 11.3. The van der Waals surface area contributed by atoms with Gasteiger partial charge in [-0.25, -0.2) is 19.0 Å². The largest absolute Gasteiger partial charge is 0.351 e. The fourth-order valence-electron chi connectivity index (χ4n) is 5.07. The van der Waals surface area contributed by atoms with Gasteiger partial charge in [0, 0.05) is 25.3 Å². The quantitative estimate of drug-likeness (QED) is 0.649. The summed E-state index contributed by atoms with van der Waals surface area (Å²) >= 11 is 0. The molecule has 7 heteroatoms. The molecule has 1 saturated carbocycles. The third-order valence-electron chi connectivity index (χ3n) is 6.72. The van der Waals surface area contributed by atoms with E-state index in [-0.39, 0.29) is 11.4 Å². The van der Waals surface area contributed by atoms with Crippen molar-refractivity contribution in [1.29, 1.82) is 0 Å². The maximum absolute atomic E-state index is 13.5. The van der Waals surface area contributed by atoms with Crippen LogP contribution >= 0.6 is 0 Å². The summed E-state index contributed by atoms with van der Waals surface area (Å²) in [4.78, 5) is 22.4. The second-order valence-electron chi connectivity index (χ2n) is 8.73. The van der Waals surface area contributed by atoms with Gasteiger partial charge < -0.3 is 5.32 Å². The number of nitrogens with zero attached hydrogens (tertiary/aromatic N) is 4. The minimum atomic E-state index is -0.317. The molecule has 162 valence electrons. The lowest BCUT2D eigenvalue weighted by Gasteiger charge is -2.28. The Hall–Kier alpha value is -2.96. The predicted octanol–water partition coefficient (Wildman–Crippen LogP) is 4.70. The molecule has 0 saturated heterocycles. The number of hydrogen-bond acceptors (Lipinski definition) is 4. The molecule has 0 radical (unpaired) electrons. The summed E-state index contributed by atoms with van der Waals surface area (Å²) in [5.41, 5.74) is 2.72. The maximum Gasteiger partial charge on any atom is 0.275 e. The molecule has 1 aromatic carbocycles. The first-order valence-electron chi connectivity index (χ1n) is 11.3. The van der Waals surface area contributed by atoms with Crippen molar-refractivity contribution in [3.63, 3.8) is 0 Å². The summed E-state index contributed by atoms with van der Waals surface area (Å²) < 4.78 is 17.3. The van der Waals surface area contributed by atoms with Crippen molar-refractivity contribution < 1.29 is 4.39 Å². The molecule has 2 aromatic heterocycles. The Morgan fingerprint density at radius 3 is 2.55 bits per heavy atom. The Kier molecular flexibility index (Phi) is 5.34. The lowest BCUT2D eigenvalue weighted by molar-refractivity contribution is 0.327. The molecule has 1 N–H and O–H groups in total. The van der Waals surface area contributed by atoms with Gasteiger partial charge in [0.2, 0.25) is 5.95 Å². The van der Waals surface area contributed by atoms with Crippen molar-refractivity contribution >= 4 is 5.95 Å². The summed E-state index contributed by atoms with van der Waals surface area (Å²) in [6, 6.07) is 8.27. The Bertz CT molecular complexity index is 1130. The van der Waals surface area contributed by atoms with E-state index in [1.807, 2.05) is 10.7 Å². The van der Waals surface area contributed by atoms with Crippen LogP contribution < -0.4 is 10.9 Å². The fourth-order valence-corrected chi connectivity index (χ4v) is 5.07. The molecular formula is C24H28FN5O. The zero-order valence-electron chi connectivity index (χ0n) is 17.9. The number of rotatable bonds is 5. The monoisotopic (exact) mass is 421 g/mol. The number of benzene rings is 1. The zero-order valence-corrected chi connectivity index (χ0v) is 17.9. The molecule has 6 nitrogen and oxygen atoms in total. The summed E-state index contributed by atoms with van der Waals surface area (Å²) in [6.45, 7) is 3.65. The van der Waals surface area contributed by atoms with Gasteiger partial charge in [0.1, 0.15) is 5.82 Å². The fraction of sp³-hybridized carbons (Fsp3) is 0.458. The molecule has 1 unspecified atom stereocenters. The summed E-state index contributed by atoms with van der Waals surface area (Å²) in [5.74, 6) is 0.908. The highest BCUT2D eigenvalue weighted by Gasteiger charge is 2.27. The molecule has 3 aromatic rings. The van der Waals surface area contributed by atoms with Gasteiger partial charge >= 0.3 is 0 Å². The van der Waals surface area contributed by atoms with Crippen LogP contribution in [-0.4, -0.2) is 25.4 Å². The normalized spacial score (nSPS) is 17.5. The van der Waals surface area contributed by atoms with Crippen LogP contribution in [0.4, 0.5) is 10.3 Å². The van der Waals surface area contributed by atoms with Gasteiger partial charge in [-0.15, -0.1) is 0 Å². The topological polar surface area (TPSA) is 64.7 Å². The number of anilines is 1. The van der Waals surface area contributed by atoms with Crippen molar-refractivity contribution in [2.75, 3.05) is 5.32 Å². The SMILES string of the molecule is CC(Nc1nccc(-c2c(-c3ccc(F)cc3)c(=O)n3n2CCC3)n1)C1CCCCC1. The standard InChI is InChI=1S/C24H28FN5O/c1-16(17-6-3-2-4-7-17)27-24-26-13-12-20(28-24)22-21(18-8-10-19(25)11-9-18)23(31)30-15-5-14-29(22)30/h8-13,16-17H,2-7,14-15H2,1H3,(H,26,27,28). The summed E-state index contributed by atoms with van der Waals surface area (Å²) in [5, 5.41) is 3.50. The number of nitrogens with one attached hydrogen (secondary N) is 1. The van der Waals surface area contributed by atoms with Crippen molar-refractivity contribution in [3.05, 3.63) is 52.7 Å². The summed E-state index contributed by atoms with van der Waals surface area (Å²) in [7, 11) is 0. The molecule has 0 bridgehead atoms. The lowest BCUT2D eigenvalue weighted by Crippen LogP contribution is -2.28. The third-order valence-corrected chi connectivity index (χ3v) is 6.72. The first kappa shape index (κ1) is 20.0. The number of fused-ring (bicyclic) bond motifs is 1. The van der Waals surface area contributed by atoms with E-state index in [0.29, 0.717) is 41.3 Å². The van der Waals surface area contributed by atoms with Gasteiger partial charge in [-0.1, -0.05) is 31.4 Å². The predicted molar refractivity (Wildman–Crippen MR) is 119 cm³/mol. The minimum absolute atomic E-state index is 0.0530. The van der Waals surface area contributed by atoms with Crippen molar-refractivity contribution in [3.8, 4) is 22.5 Å². The van der Waals surface area contributed by atoms with E-state index in [2.05, 4.69) is 17.2 Å². The van der Waals surface area contributed by atoms with Crippen molar-refractivity contribution in [2.24, 2.45) is 5.92 Å². The molecule has 2 aliphatic rings. The van der Waals surface area contributed by atoms with Gasteiger partial charge in [0.25, 0.3) is 5.56 Å². The van der Waals surface area contributed by atoms with Gasteiger partial charge in [0.15, 0.2) is 0 Å². The minimum Gasteiger partial charge on any atom is -0.351 e. The van der Waals surface area contributed by atoms with Crippen molar-refractivity contribution in [2.45, 2.75) is 64.6 Å². The molecule has 1 aliphatic carbocycles. The first-order chi connectivity index (χ1) is 15.1. The second kappa shape index (κ2) is 8.29. The van der Waals surface area contributed by atoms with Crippen LogP contribution in [0.3, 0.4) is 0 Å². The van der Waals surface area contributed by atoms with Crippen LogP contribution in [0.2, 0.25) is 0 Å². The number of hydrogen-bond donors (Lipinski definition) is 1. The highest BCUT2D eigenvalue weighted by atomic mass is 19.1. The third kappa shape index (κ3) is 3.77. The molecule has 1 atom stereocenters. The van der Waals surface area contributed by atoms with Crippen LogP contribution in [-0.2, 0) is 13.1 Å². The Labute approximate surface area is 181 Å². The van der Waals surface area contributed by atoms with Crippen molar-refractivity contribution in [1.82, 2.24) is 19.3 Å². The van der Waals surface area contributed by atoms with Gasteiger partial charge in [-0.3, -0.25) is 9.48 Å². The van der Waals surface area contributed by atoms with E-state index in [4.69, 9.17) is 4.98 Å². The molecule has 5 rings (SSSR count). The average Bonchev–Trinajstić information content (AvgIpc) is 3.37. The zero-order chi connectivity index (χ0) is 21.4. The van der Waals surface area contributed by atoms with Gasteiger partial charge in [0.05, 0.1) is 17.0 Å². The van der Waals surface area contributed by atoms with E-state index in [9.17, 15) is 9.18 Å². The van der Waals surface area contributed by atoms with Crippen LogP contribution in [0.1, 0.15) is 45.4 Å². The Morgan fingerprint density at radius 2 is 1.77 bits per heavy atom. The molecule has 0 amide bonds. The molecule has 3 heterocycles. The Balaban J connectivity index is 1.53. The molecule has 1 fully saturated rings. The maximum atomic E-state index is 13.5. The molecular weight excluding hydrogens is 393 g/mol. The highest BCUT2D eigenvalue weighted by molar-refractivity contribution is 5.79. The second-order valence-corrected chi connectivity index (χ2v) is 8.73. The van der Waals surface area contributed by atoms with Crippen LogP contribution in [0.5, 0.6) is 0 Å². The average molecular weight is 422 g/mol. The molecule has 1 aliphatic heterocycles. The smallest absolute Gasteiger partial charge is 0.275 e. The molecule has 0 spiro atoms. The van der Waals surface area contributed by atoms with Crippen LogP contribution in [0, 0.1) is 11.7 Å². The van der Waals surface area contributed by atoms with Crippen LogP contribution in [0.15, 0.2) is 41.3 Å². The van der Waals surface area contributed by atoms with E-state index in [1.165, 1.54) is 44.2 Å². The summed E-state index contributed by atoms with van der Waals surface area (Å²) in [6.07, 6.45) is 9.06. The van der Waals surface area contributed by atoms with E-state index in [1.54, 1.807) is 23.0 Å². The van der Waals surface area contributed by atoms with E-state index >= 15 is 0 Å². The Morgan fingerprint density at radius 1 is 1.03 bits per heavy atom.